The van der Waals surface area contributed by atoms with Gasteiger partial charge in [0.05, 0.1) is 0 Å². The van der Waals surface area contributed by atoms with Crippen LogP contribution in [0.1, 0.15) is 68.0 Å². The SMILES string of the molecule is Cc1ccc(C(C)(C)c2ccc(OC3C4N=P(Oc5ccccc5)(Oc5ccccc5)N=P(Oc5ccccc5)(Oc5ccc(C(C)(C)c6ccc(C)cc6)cc5)C(C)N=P43Oc3ccccc3)cc2)cc1. The Labute approximate surface area is 424 Å². The lowest BCUT2D eigenvalue weighted by Gasteiger charge is -2.33. The minimum absolute atomic E-state index is 0.251. The van der Waals surface area contributed by atoms with Crippen LogP contribution < -0.4 is 27.4 Å². The van der Waals surface area contributed by atoms with E-state index in [1.165, 1.54) is 22.3 Å². The number of aryl methyl sites for hydroxylation is 2. The van der Waals surface area contributed by atoms with Crippen LogP contribution in [0.2, 0.25) is 0 Å². The Balaban J connectivity index is 1.15. The van der Waals surface area contributed by atoms with Gasteiger partial charge in [0, 0.05) is 10.8 Å². The van der Waals surface area contributed by atoms with Gasteiger partial charge in [0.25, 0.3) is 0 Å². The highest BCUT2D eigenvalue weighted by atomic mass is 31.2. The van der Waals surface area contributed by atoms with Gasteiger partial charge in [-0.05, 0) is 116 Å². The lowest BCUT2D eigenvalue weighted by Crippen LogP contribution is -2.19. The van der Waals surface area contributed by atoms with Gasteiger partial charge in [-0.2, -0.15) is 4.74 Å². The molecule has 8 aromatic carbocycles. The maximum Gasteiger partial charge on any atom is 0.449 e. The first-order chi connectivity index (χ1) is 34.7. The Morgan fingerprint density at radius 1 is 0.375 bits per heavy atom. The third kappa shape index (κ3) is 10.3. The van der Waals surface area contributed by atoms with E-state index in [-0.39, 0.29) is 10.8 Å². The van der Waals surface area contributed by atoms with Crippen molar-refractivity contribution in [2.45, 2.75) is 76.7 Å². The van der Waals surface area contributed by atoms with Gasteiger partial charge in [-0.25, -0.2) is 4.74 Å². The van der Waals surface area contributed by atoms with Gasteiger partial charge in [-0.15, -0.1) is 4.52 Å². The molecule has 8 aromatic rings. The van der Waals surface area contributed by atoms with Gasteiger partial charge >= 0.3 is 15.2 Å². The monoisotopic (exact) mass is 1010 g/mol. The van der Waals surface area contributed by atoms with Gasteiger partial charge in [0.2, 0.25) is 7.28 Å². The normalized spacial score (nSPS) is 21.1. The fraction of sp³-hybridized carbons (Fsp3) is 0.200. The Morgan fingerprint density at radius 2 is 0.708 bits per heavy atom. The summed E-state index contributed by atoms with van der Waals surface area (Å²) in [5, 5.41) is 0. The molecule has 1 saturated heterocycles. The fourth-order valence-corrected chi connectivity index (χ4v) is 18.8. The van der Waals surface area contributed by atoms with Crippen molar-refractivity contribution in [1.29, 1.82) is 0 Å². The highest BCUT2D eigenvalue weighted by Crippen LogP contribution is 2.83. The van der Waals surface area contributed by atoms with Gasteiger partial charge in [-0.1, -0.05) is 184 Å². The molecule has 0 spiro atoms. The summed E-state index contributed by atoms with van der Waals surface area (Å²) >= 11 is 0. The number of hydrogen-bond acceptors (Lipinski definition) is 9. The van der Waals surface area contributed by atoms with Crippen molar-refractivity contribution in [3.63, 3.8) is 0 Å². The number of benzene rings is 8. The van der Waals surface area contributed by atoms with Crippen LogP contribution in [0.25, 0.3) is 0 Å². The number of ether oxygens (including phenoxy) is 1. The average Bonchev–Trinajstić information content (AvgIpc) is 3.93. The second-order valence-corrected chi connectivity index (χ2v) is 26.7. The number of rotatable bonds is 16. The van der Waals surface area contributed by atoms with Crippen molar-refractivity contribution in [2.24, 2.45) is 14.0 Å². The molecule has 9 nitrogen and oxygen atoms in total. The molecule has 0 bridgehead atoms. The molecule has 5 unspecified atom stereocenters. The van der Waals surface area contributed by atoms with Crippen molar-refractivity contribution in [2.75, 3.05) is 0 Å². The summed E-state index contributed by atoms with van der Waals surface area (Å²) in [6, 6.07) is 72.3. The van der Waals surface area contributed by atoms with Crippen molar-refractivity contribution in [3.05, 3.63) is 252 Å². The molecule has 2 heterocycles. The zero-order valence-electron chi connectivity index (χ0n) is 41.6. The first-order valence-corrected chi connectivity index (χ1v) is 29.3. The van der Waals surface area contributed by atoms with E-state index >= 15 is 0 Å². The molecule has 2 aliphatic rings. The number of fused-ring (bicyclic) bond motifs is 1. The molecular weight excluding hydrogens is 952 g/mol. The number of nitrogens with zero attached hydrogens (tertiary/aromatic N) is 3. The summed E-state index contributed by atoms with van der Waals surface area (Å²) in [5.74, 6) is 1.33. The van der Waals surface area contributed by atoms with E-state index in [9.17, 15) is 0 Å². The molecule has 2 aliphatic heterocycles. The van der Waals surface area contributed by atoms with E-state index in [1.54, 1.807) is 0 Å². The molecule has 1 fully saturated rings. The molecule has 0 N–H and O–H groups in total. The second kappa shape index (κ2) is 20.0. The van der Waals surface area contributed by atoms with Crippen LogP contribution in [0, 0.1) is 13.8 Å². The maximum absolute atomic E-state index is 7.38. The van der Waals surface area contributed by atoms with Crippen LogP contribution in [-0.4, -0.2) is 17.4 Å². The van der Waals surface area contributed by atoms with Gasteiger partial charge in [0.1, 0.15) is 34.5 Å². The van der Waals surface area contributed by atoms with E-state index in [4.69, 9.17) is 41.4 Å². The van der Waals surface area contributed by atoms with Crippen molar-refractivity contribution < 1.29 is 27.4 Å². The molecule has 0 aromatic heterocycles. The summed E-state index contributed by atoms with van der Waals surface area (Å²) in [6.07, 6.45) is 0. The quantitative estimate of drug-likeness (QED) is 0.0896. The zero-order valence-corrected chi connectivity index (χ0v) is 44.3. The van der Waals surface area contributed by atoms with E-state index in [1.807, 2.05) is 153 Å². The molecule has 0 aliphatic carbocycles. The molecule has 10 rings (SSSR count). The lowest BCUT2D eigenvalue weighted by atomic mass is 9.78. The van der Waals surface area contributed by atoms with E-state index < -0.39 is 39.9 Å². The smallest absolute Gasteiger partial charge is 0.449 e. The van der Waals surface area contributed by atoms with Gasteiger partial charge in [0.15, 0.2) is 17.4 Å². The Hall–Kier alpha value is -6.75. The third-order valence-electron chi connectivity index (χ3n) is 13.3. The molecule has 366 valence electrons. The number of hydrogen-bond donors (Lipinski definition) is 0. The van der Waals surface area contributed by atoms with E-state index in [0.717, 1.165) is 11.1 Å². The van der Waals surface area contributed by atoms with Crippen molar-refractivity contribution in [3.8, 4) is 34.5 Å². The zero-order chi connectivity index (χ0) is 50.0. The first-order valence-electron chi connectivity index (χ1n) is 24.3. The summed E-state index contributed by atoms with van der Waals surface area (Å²) in [4.78, 5) is 0. The highest BCUT2D eigenvalue weighted by molar-refractivity contribution is 7.74. The summed E-state index contributed by atoms with van der Waals surface area (Å²) in [7, 11) is -10.9. The highest BCUT2D eigenvalue weighted by Gasteiger charge is 2.69. The third-order valence-corrected chi connectivity index (χ3v) is 22.2. The predicted molar refractivity (Wildman–Crippen MR) is 294 cm³/mol. The minimum atomic E-state index is -3.93. The summed E-state index contributed by atoms with van der Waals surface area (Å²) < 4.78 is 60.4. The fourth-order valence-electron chi connectivity index (χ4n) is 8.81. The molecule has 5 atom stereocenters. The Kier molecular flexibility index (Phi) is 13.6. The van der Waals surface area contributed by atoms with Crippen LogP contribution in [0.5, 0.6) is 34.5 Å². The molecule has 72 heavy (non-hydrogen) atoms. The summed E-state index contributed by atoms with van der Waals surface area (Å²) in [6.45, 7) is 15.1. The standard InChI is InChI=1S/C60H60N3O6P3/c1-44-28-32-47(33-29-44)59(4,5)49-36-40-51(41-37-49)64-58-57-62-72(68-54-24-16-10-17-25-54,69-55-26-18-11-19-27-55)63-71(66-53-22-14-9-15-23-53,46(3)61-70(57,58)65-52-20-12-8-13-21-52)67-56-42-38-50(39-43-56)60(6,7)48-34-30-45(2)31-35-48/h8-43,46,57-58H,1-7H3. The predicted octanol–water partition coefficient (Wildman–Crippen LogP) is 17.8. The summed E-state index contributed by atoms with van der Waals surface area (Å²) in [5.41, 5.74) is 6.60. The lowest BCUT2D eigenvalue weighted by molar-refractivity contribution is 0.311. The molecule has 0 amide bonds. The maximum atomic E-state index is 7.38. The largest absolute Gasteiger partial charge is 0.478 e. The molecule has 0 saturated carbocycles. The molecular formula is C60H60N3O6P3. The van der Waals surface area contributed by atoms with Crippen molar-refractivity contribution in [1.82, 2.24) is 0 Å². The van der Waals surface area contributed by atoms with Gasteiger partial charge in [-0.3, -0.25) is 0 Å². The van der Waals surface area contributed by atoms with Crippen LogP contribution in [-0.2, 0) is 10.8 Å². The van der Waals surface area contributed by atoms with E-state index in [0.29, 0.717) is 34.5 Å². The van der Waals surface area contributed by atoms with Crippen LogP contribution in [0.4, 0.5) is 0 Å². The molecule has 12 heteroatoms. The second-order valence-electron chi connectivity index (χ2n) is 19.3. The molecule has 0 radical (unpaired) electrons. The van der Waals surface area contributed by atoms with Gasteiger partial charge < -0.3 is 27.4 Å². The average molecular weight is 1010 g/mol. The van der Waals surface area contributed by atoms with Crippen LogP contribution in [0.3, 0.4) is 0 Å². The first kappa shape index (κ1) is 48.9. The Bertz CT molecular complexity index is 3260. The minimum Gasteiger partial charge on any atom is -0.478 e. The van der Waals surface area contributed by atoms with Crippen LogP contribution >= 0.6 is 22.4 Å². The number of para-hydroxylation sites is 4. The van der Waals surface area contributed by atoms with E-state index in [2.05, 4.69) is 114 Å². The Morgan fingerprint density at radius 3 is 1.11 bits per heavy atom. The topological polar surface area (TPSA) is 92.5 Å². The van der Waals surface area contributed by atoms with Crippen LogP contribution in [0.15, 0.2) is 232 Å². The van der Waals surface area contributed by atoms with Crippen molar-refractivity contribution >= 4 is 22.4 Å².